The maximum absolute atomic E-state index is 12.6. The molecule has 1 fully saturated rings. The van der Waals surface area contributed by atoms with Crippen LogP contribution in [0.15, 0.2) is 29.2 Å². The van der Waals surface area contributed by atoms with Crippen molar-refractivity contribution in [1.82, 2.24) is 9.21 Å². The first-order valence-electron chi connectivity index (χ1n) is 7.31. The van der Waals surface area contributed by atoms with Gasteiger partial charge < -0.3 is 4.90 Å². The van der Waals surface area contributed by atoms with Crippen molar-refractivity contribution in [2.75, 3.05) is 32.7 Å². The van der Waals surface area contributed by atoms with E-state index >= 15 is 0 Å². The van der Waals surface area contributed by atoms with Gasteiger partial charge in [0.15, 0.2) is 0 Å². The van der Waals surface area contributed by atoms with Gasteiger partial charge in [-0.25, -0.2) is 8.42 Å². The third-order valence-corrected chi connectivity index (χ3v) is 6.23. The molecule has 1 aromatic carbocycles. The Kier molecular flexibility index (Phi) is 5.82. The van der Waals surface area contributed by atoms with E-state index in [1.54, 1.807) is 16.4 Å². The fraction of sp³-hybridized carbons (Fsp3) is 0.600. The van der Waals surface area contributed by atoms with Crippen LogP contribution in [0.2, 0.25) is 0 Å². The van der Waals surface area contributed by atoms with Gasteiger partial charge in [0.2, 0.25) is 10.0 Å². The van der Waals surface area contributed by atoms with Crippen molar-refractivity contribution >= 4 is 26.0 Å². The van der Waals surface area contributed by atoms with Crippen molar-refractivity contribution in [2.45, 2.75) is 24.1 Å². The standard InChI is InChI=1S/C15H23BrN2O2S/c1-13(2)12-17-7-9-18(10-8-17)21(19,20)15-5-3-14(11-16)4-6-15/h3-6,13H,7-12H2,1-2H3. The first kappa shape index (κ1) is 16.9. The molecule has 0 atom stereocenters. The van der Waals surface area contributed by atoms with Crippen molar-refractivity contribution < 1.29 is 8.42 Å². The Morgan fingerprint density at radius 2 is 1.67 bits per heavy atom. The molecular weight excluding hydrogens is 352 g/mol. The van der Waals surface area contributed by atoms with E-state index in [1.807, 2.05) is 12.1 Å². The first-order chi connectivity index (χ1) is 9.93. The van der Waals surface area contributed by atoms with Gasteiger partial charge in [0, 0.05) is 38.1 Å². The van der Waals surface area contributed by atoms with Crippen LogP contribution < -0.4 is 0 Å². The smallest absolute Gasteiger partial charge is 0.243 e. The number of benzene rings is 1. The molecule has 0 bridgehead atoms. The molecule has 4 nitrogen and oxygen atoms in total. The Balaban J connectivity index is 2.03. The lowest BCUT2D eigenvalue weighted by molar-refractivity contribution is 0.172. The number of hydrogen-bond donors (Lipinski definition) is 0. The van der Waals surface area contributed by atoms with Gasteiger partial charge in [0.25, 0.3) is 0 Å². The molecule has 2 rings (SSSR count). The monoisotopic (exact) mass is 374 g/mol. The van der Waals surface area contributed by atoms with Crippen LogP contribution in [0.25, 0.3) is 0 Å². The minimum atomic E-state index is -3.35. The fourth-order valence-corrected chi connectivity index (χ4v) is 4.36. The molecule has 0 N–H and O–H groups in total. The highest BCUT2D eigenvalue weighted by Gasteiger charge is 2.28. The van der Waals surface area contributed by atoms with E-state index in [4.69, 9.17) is 0 Å². The number of piperazine rings is 1. The van der Waals surface area contributed by atoms with E-state index in [0.717, 1.165) is 30.5 Å². The fourth-order valence-electron chi connectivity index (χ4n) is 2.57. The summed E-state index contributed by atoms with van der Waals surface area (Å²) in [6.07, 6.45) is 0. The molecule has 21 heavy (non-hydrogen) atoms. The predicted octanol–water partition coefficient (Wildman–Crippen LogP) is 2.54. The Morgan fingerprint density at radius 1 is 1.10 bits per heavy atom. The number of alkyl halides is 1. The number of rotatable bonds is 5. The molecule has 0 aromatic heterocycles. The molecular formula is C15H23BrN2O2S. The summed E-state index contributed by atoms with van der Waals surface area (Å²) in [5, 5.41) is 0.737. The van der Waals surface area contributed by atoms with Gasteiger partial charge in [0.1, 0.15) is 0 Å². The largest absolute Gasteiger partial charge is 0.300 e. The van der Waals surface area contributed by atoms with E-state index < -0.39 is 10.0 Å². The molecule has 1 aromatic rings. The molecule has 0 amide bonds. The minimum absolute atomic E-state index is 0.393. The highest BCUT2D eigenvalue weighted by Crippen LogP contribution is 2.19. The third-order valence-electron chi connectivity index (χ3n) is 3.67. The Morgan fingerprint density at radius 3 is 2.14 bits per heavy atom. The van der Waals surface area contributed by atoms with E-state index in [0.29, 0.717) is 23.9 Å². The lowest BCUT2D eigenvalue weighted by Gasteiger charge is -2.34. The van der Waals surface area contributed by atoms with Crippen molar-refractivity contribution in [2.24, 2.45) is 5.92 Å². The lowest BCUT2D eigenvalue weighted by atomic mass is 10.2. The number of hydrogen-bond acceptors (Lipinski definition) is 3. The second-order valence-electron chi connectivity index (χ2n) is 5.88. The molecule has 0 spiro atoms. The summed E-state index contributed by atoms with van der Waals surface area (Å²) in [6.45, 7) is 8.20. The third kappa shape index (κ3) is 4.28. The zero-order chi connectivity index (χ0) is 15.5. The van der Waals surface area contributed by atoms with Crippen LogP contribution in [0, 0.1) is 5.92 Å². The number of halogens is 1. The van der Waals surface area contributed by atoms with E-state index in [-0.39, 0.29) is 0 Å². The molecule has 6 heteroatoms. The average molecular weight is 375 g/mol. The molecule has 1 saturated heterocycles. The Bertz CT molecular complexity index is 550. The SMILES string of the molecule is CC(C)CN1CCN(S(=O)(=O)c2ccc(CBr)cc2)CC1. The van der Waals surface area contributed by atoms with Gasteiger partial charge in [-0.15, -0.1) is 0 Å². The average Bonchev–Trinajstić information content (AvgIpc) is 2.47. The van der Waals surface area contributed by atoms with E-state index in [2.05, 4.69) is 34.7 Å². The van der Waals surface area contributed by atoms with Crippen LogP contribution in [-0.2, 0) is 15.4 Å². The Labute approximate surface area is 136 Å². The predicted molar refractivity (Wildman–Crippen MR) is 89.1 cm³/mol. The van der Waals surface area contributed by atoms with Gasteiger partial charge in [0.05, 0.1) is 4.90 Å². The summed E-state index contributed by atoms with van der Waals surface area (Å²) in [4.78, 5) is 2.73. The maximum atomic E-state index is 12.6. The molecule has 1 aliphatic heterocycles. The summed E-state index contributed by atoms with van der Waals surface area (Å²) in [5.41, 5.74) is 1.08. The van der Waals surface area contributed by atoms with Crippen molar-refractivity contribution in [3.8, 4) is 0 Å². The molecule has 1 aliphatic rings. The van der Waals surface area contributed by atoms with Crippen LogP contribution in [0.5, 0.6) is 0 Å². The topological polar surface area (TPSA) is 40.6 Å². The Hall–Kier alpha value is -0.430. The van der Waals surface area contributed by atoms with Gasteiger partial charge in [-0.05, 0) is 23.6 Å². The molecule has 0 saturated carbocycles. The maximum Gasteiger partial charge on any atom is 0.243 e. The van der Waals surface area contributed by atoms with Crippen molar-refractivity contribution in [3.05, 3.63) is 29.8 Å². The van der Waals surface area contributed by atoms with Crippen LogP contribution in [0.3, 0.4) is 0 Å². The van der Waals surface area contributed by atoms with Gasteiger partial charge >= 0.3 is 0 Å². The zero-order valence-electron chi connectivity index (χ0n) is 12.6. The highest BCUT2D eigenvalue weighted by molar-refractivity contribution is 9.08. The second-order valence-corrected chi connectivity index (χ2v) is 8.37. The summed E-state index contributed by atoms with van der Waals surface area (Å²) in [6, 6.07) is 7.12. The van der Waals surface area contributed by atoms with Crippen molar-refractivity contribution in [3.63, 3.8) is 0 Å². The minimum Gasteiger partial charge on any atom is -0.300 e. The lowest BCUT2D eigenvalue weighted by Crippen LogP contribution is -2.49. The number of nitrogens with zero attached hydrogens (tertiary/aromatic N) is 2. The molecule has 1 heterocycles. The molecule has 0 aliphatic carbocycles. The van der Waals surface area contributed by atoms with E-state index in [1.165, 1.54) is 0 Å². The normalized spacial score (nSPS) is 18.3. The molecule has 0 unspecified atom stereocenters. The molecule has 0 radical (unpaired) electrons. The number of sulfonamides is 1. The van der Waals surface area contributed by atoms with Gasteiger partial charge in [-0.3, -0.25) is 0 Å². The van der Waals surface area contributed by atoms with Gasteiger partial charge in [-0.1, -0.05) is 41.9 Å². The van der Waals surface area contributed by atoms with Crippen LogP contribution in [0.1, 0.15) is 19.4 Å². The van der Waals surface area contributed by atoms with Crippen LogP contribution in [0.4, 0.5) is 0 Å². The van der Waals surface area contributed by atoms with E-state index in [9.17, 15) is 8.42 Å². The van der Waals surface area contributed by atoms with Crippen LogP contribution in [-0.4, -0.2) is 50.3 Å². The zero-order valence-corrected chi connectivity index (χ0v) is 15.0. The first-order valence-corrected chi connectivity index (χ1v) is 9.87. The van der Waals surface area contributed by atoms with Crippen LogP contribution >= 0.6 is 15.9 Å². The summed E-state index contributed by atoms with van der Waals surface area (Å²) in [5.74, 6) is 0.616. The molecule has 118 valence electrons. The van der Waals surface area contributed by atoms with Crippen molar-refractivity contribution in [1.29, 1.82) is 0 Å². The summed E-state index contributed by atoms with van der Waals surface area (Å²) in [7, 11) is -3.35. The second kappa shape index (κ2) is 7.22. The quantitative estimate of drug-likeness (QED) is 0.743. The highest BCUT2D eigenvalue weighted by atomic mass is 79.9. The summed E-state index contributed by atoms with van der Waals surface area (Å²) < 4.78 is 26.8. The van der Waals surface area contributed by atoms with Gasteiger partial charge in [-0.2, -0.15) is 4.31 Å². The summed E-state index contributed by atoms with van der Waals surface area (Å²) >= 11 is 3.37.